The molecule has 1 heteroatoms. The van der Waals surface area contributed by atoms with E-state index in [1.807, 2.05) is 0 Å². The van der Waals surface area contributed by atoms with E-state index in [1.165, 1.54) is 64.2 Å². The Bertz CT molecular complexity index is 680. The summed E-state index contributed by atoms with van der Waals surface area (Å²) < 4.78 is 0. The number of hydrogen-bond donors (Lipinski definition) is 0. The van der Waals surface area contributed by atoms with Gasteiger partial charge in [-0.3, -0.25) is 4.79 Å². The molecule has 29 heavy (non-hydrogen) atoms. The molecular formula is C28H46O. The maximum absolute atomic E-state index is 13.7. The van der Waals surface area contributed by atoms with Crippen molar-refractivity contribution in [2.24, 2.45) is 63.6 Å². The highest BCUT2D eigenvalue weighted by atomic mass is 16.1. The van der Waals surface area contributed by atoms with Crippen LogP contribution in [0.3, 0.4) is 0 Å². The predicted molar refractivity (Wildman–Crippen MR) is 120 cm³/mol. The number of fused-ring (bicyclic) bond motifs is 4. The molecule has 0 unspecified atom stereocenters. The first-order valence-corrected chi connectivity index (χ1v) is 13.2. The summed E-state index contributed by atoms with van der Waals surface area (Å²) in [6.07, 6.45) is 13.8. The molecule has 5 saturated carbocycles. The van der Waals surface area contributed by atoms with Gasteiger partial charge in [0.2, 0.25) is 0 Å². The average molecular weight is 399 g/mol. The lowest BCUT2D eigenvalue weighted by atomic mass is 9.43. The topological polar surface area (TPSA) is 17.1 Å². The highest BCUT2D eigenvalue weighted by Gasteiger charge is 2.79. The summed E-state index contributed by atoms with van der Waals surface area (Å²) in [5, 5.41) is 0. The molecular weight excluding hydrogens is 352 g/mol. The van der Waals surface area contributed by atoms with Crippen LogP contribution in [0.15, 0.2) is 0 Å². The van der Waals surface area contributed by atoms with Gasteiger partial charge in [-0.15, -0.1) is 0 Å². The van der Waals surface area contributed by atoms with Gasteiger partial charge < -0.3 is 0 Å². The monoisotopic (exact) mass is 398 g/mol. The molecule has 0 aromatic rings. The van der Waals surface area contributed by atoms with E-state index in [0.29, 0.717) is 28.4 Å². The number of ketones is 1. The molecule has 0 saturated heterocycles. The van der Waals surface area contributed by atoms with Crippen molar-refractivity contribution < 1.29 is 4.79 Å². The van der Waals surface area contributed by atoms with Gasteiger partial charge in [0.1, 0.15) is 5.78 Å². The summed E-state index contributed by atoms with van der Waals surface area (Å²) in [7, 11) is 0. The van der Waals surface area contributed by atoms with Crippen LogP contribution in [0.4, 0.5) is 0 Å². The van der Waals surface area contributed by atoms with Crippen molar-refractivity contribution in [3.8, 4) is 0 Å². The first-order valence-electron chi connectivity index (χ1n) is 13.2. The van der Waals surface area contributed by atoms with Gasteiger partial charge in [-0.1, -0.05) is 60.8 Å². The highest BCUT2D eigenvalue weighted by Crippen LogP contribution is 2.81. The first-order chi connectivity index (χ1) is 13.7. The lowest BCUT2D eigenvalue weighted by Gasteiger charge is -2.60. The van der Waals surface area contributed by atoms with E-state index in [9.17, 15) is 4.79 Å². The van der Waals surface area contributed by atoms with E-state index in [0.717, 1.165) is 35.5 Å². The maximum atomic E-state index is 13.7. The minimum atomic E-state index is 0.128. The van der Waals surface area contributed by atoms with Crippen LogP contribution in [0, 0.1) is 63.6 Å². The smallest absolute Gasteiger partial charge is 0.142 e. The number of hydrogen-bond acceptors (Lipinski definition) is 1. The van der Waals surface area contributed by atoms with Crippen LogP contribution in [-0.2, 0) is 4.79 Å². The molecule has 0 aliphatic heterocycles. The van der Waals surface area contributed by atoms with Crippen molar-refractivity contribution in [3.05, 3.63) is 0 Å². The molecule has 5 rings (SSSR count). The summed E-state index contributed by atoms with van der Waals surface area (Å²) in [5.74, 6) is 6.71. The Morgan fingerprint density at radius 2 is 1.72 bits per heavy atom. The van der Waals surface area contributed by atoms with Gasteiger partial charge in [0.25, 0.3) is 0 Å². The second-order valence-corrected chi connectivity index (χ2v) is 13.3. The molecule has 0 bridgehead atoms. The number of Topliss-reactive ketones (excluding diaryl/α,β-unsaturated/α-hetero) is 1. The Balaban J connectivity index is 1.38. The molecule has 1 nitrogen and oxygen atoms in total. The fraction of sp³-hybridized carbons (Fsp3) is 0.964. The molecule has 5 fully saturated rings. The van der Waals surface area contributed by atoms with E-state index in [4.69, 9.17) is 0 Å². The summed E-state index contributed by atoms with van der Waals surface area (Å²) in [6.45, 7) is 14.9. The third-order valence-electron chi connectivity index (χ3n) is 11.9. The molecule has 0 radical (unpaired) electrons. The van der Waals surface area contributed by atoms with Crippen molar-refractivity contribution in [3.63, 3.8) is 0 Å². The number of carbonyl (C=O) groups excluding carboxylic acids is 1. The second kappa shape index (κ2) is 6.59. The largest absolute Gasteiger partial charge is 0.299 e. The van der Waals surface area contributed by atoms with Crippen LogP contribution in [0.25, 0.3) is 0 Å². The van der Waals surface area contributed by atoms with Crippen LogP contribution in [0.2, 0.25) is 0 Å². The summed E-state index contributed by atoms with van der Waals surface area (Å²) >= 11 is 0. The van der Waals surface area contributed by atoms with E-state index >= 15 is 0 Å². The van der Waals surface area contributed by atoms with Gasteiger partial charge in [-0.05, 0) is 97.2 Å². The Hall–Kier alpha value is -0.330. The summed E-state index contributed by atoms with van der Waals surface area (Å²) in [5.41, 5.74) is 0.965. The SMILES string of the molecule is CC(C)CCC[C@@H](C)[C@H]1CC[C@H]2[C@@H]3[C@@H](C)C(=O)[C@]45C[C@@H]4CC[C@]5(C)[C@H]3CC[C@]12C. The molecule has 10 atom stereocenters. The Labute approximate surface area is 180 Å². The van der Waals surface area contributed by atoms with Crippen molar-refractivity contribution in [1.29, 1.82) is 0 Å². The van der Waals surface area contributed by atoms with E-state index in [2.05, 4.69) is 41.5 Å². The van der Waals surface area contributed by atoms with E-state index < -0.39 is 0 Å². The number of carbonyl (C=O) groups is 1. The van der Waals surface area contributed by atoms with Crippen LogP contribution >= 0.6 is 0 Å². The van der Waals surface area contributed by atoms with Crippen LogP contribution in [-0.4, -0.2) is 5.78 Å². The maximum Gasteiger partial charge on any atom is 0.142 e. The number of rotatable bonds is 5. The van der Waals surface area contributed by atoms with Crippen molar-refractivity contribution >= 4 is 5.78 Å². The summed E-state index contributed by atoms with van der Waals surface area (Å²) in [4.78, 5) is 13.7. The predicted octanol–water partition coefficient (Wildman–Crippen LogP) is 7.53. The standard InChI is InChI=1S/C28H46O/c1-17(2)8-7-9-18(3)21-10-11-22-24-19(4)25(29)28-16-20(28)12-15-27(28,6)23(24)13-14-26(21,22)5/h17-24H,7-16H2,1-6H3/t18-,19-,20+,21-,22+,23+,24+,26-,27-,28+/m1/s1. The first kappa shape index (κ1) is 20.6. The van der Waals surface area contributed by atoms with E-state index in [-0.39, 0.29) is 5.41 Å². The zero-order valence-corrected chi connectivity index (χ0v) is 20.1. The Kier molecular flexibility index (Phi) is 4.67. The van der Waals surface area contributed by atoms with Crippen molar-refractivity contribution in [1.82, 2.24) is 0 Å². The molecule has 164 valence electrons. The van der Waals surface area contributed by atoms with Gasteiger partial charge in [0.05, 0.1) is 0 Å². The van der Waals surface area contributed by atoms with Gasteiger partial charge >= 0.3 is 0 Å². The van der Waals surface area contributed by atoms with Crippen LogP contribution < -0.4 is 0 Å². The molecule has 0 heterocycles. The van der Waals surface area contributed by atoms with Gasteiger partial charge in [-0.25, -0.2) is 0 Å². The highest BCUT2D eigenvalue weighted by molar-refractivity contribution is 5.92. The average Bonchev–Trinajstić information content (AvgIpc) is 3.19. The normalized spacial score (nSPS) is 54.0. The lowest BCUT2D eigenvalue weighted by molar-refractivity contribution is -0.163. The molecule has 1 spiro atoms. The van der Waals surface area contributed by atoms with Gasteiger partial charge in [0.15, 0.2) is 0 Å². The third-order valence-corrected chi connectivity index (χ3v) is 11.9. The van der Waals surface area contributed by atoms with Crippen molar-refractivity contribution in [2.75, 3.05) is 0 Å². The fourth-order valence-corrected chi connectivity index (χ4v) is 10.4. The fourth-order valence-electron chi connectivity index (χ4n) is 10.4. The van der Waals surface area contributed by atoms with Crippen LogP contribution in [0.1, 0.15) is 106 Å². The second-order valence-electron chi connectivity index (χ2n) is 13.3. The molecule has 5 aliphatic rings. The quantitative estimate of drug-likeness (QED) is 0.467. The van der Waals surface area contributed by atoms with Gasteiger partial charge in [-0.2, -0.15) is 0 Å². The third kappa shape index (κ3) is 2.54. The zero-order chi connectivity index (χ0) is 20.8. The van der Waals surface area contributed by atoms with Crippen molar-refractivity contribution in [2.45, 2.75) is 106 Å². The Morgan fingerprint density at radius 3 is 2.41 bits per heavy atom. The molecule has 5 aliphatic carbocycles. The van der Waals surface area contributed by atoms with Gasteiger partial charge in [0, 0.05) is 11.3 Å². The van der Waals surface area contributed by atoms with Crippen LogP contribution in [0.5, 0.6) is 0 Å². The summed E-state index contributed by atoms with van der Waals surface area (Å²) in [6, 6.07) is 0. The molecule has 0 aromatic heterocycles. The van der Waals surface area contributed by atoms with E-state index in [1.54, 1.807) is 0 Å². The molecule has 0 aromatic carbocycles. The molecule has 0 N–H and O–H groups in total. The zero-order valence-electron chi connectivity index (χ0n) is 20.1. The molecule has 0 amide bonds. The minimum absolute atomic E-state index is 0.128. The Morgan fingerprint density at radius 1 is 0.966 bits per heavy atom. The lowest BCUT2D eigenvalue weighted by Crippen LogP contribution is -2.58. The minimum Gasteiger partial charge on any atom is -0.299 e.